The number of hydrogen-bond acceptors (Lipinski definition) is 8. The van der Waals surface area contributed by atoms with E-state index in [4.69, 9.17) is 21.1 Å². The van der Waals surface area contributed by atoms with E-state index in [1.165, 1.54) is 13.3 Å². The van der Waals surface area contributed by atoms with Gasteiger partial charge in [0.05, 0.1) is 37.8 Å². The molecule has 3 rings (SSSR count). The third-order valence-electron chi connectivity index (χ3n) is 5.69. The molecule has 2 unspecified atom stereocenters. The number of nitriles is 1. The highest BCUT2D eigenvalue weighted by atomic mass is 35.5. The van der Waals surface area contributed by atoms with Crippen LogP contribution in [0.2, 0.25) is 5.02 Å². The van der Waals surface area contributed by atoms with Gasteiger partial charge in [-0.3, -0.25) is 4.79 Å². The molecule has 9 nitrogen and oxygen atoms in total. The Balaban J connectivity index is 2.10. The summed E-state index contributed by atoms with van der Waals surface area (Å²) in [5.74, 6) is -3.83. The molecule has 33 heavy (non-hydrogen) atoms. The Hall–Kier alpha value is -3.38. The second kappa shape index (κ2) is 11.0. The van der Waals surface area contributed by atoms with Gasteiger partial charge in [0.2, 0.25) is 0 Å². The molecular weight excluding hydrogens is 448 g/mol. The molecular formula is C23H25ClN4O5. The molecule has 1 N–H and O–H groups in total. The number of nitrogens with zero attached hydrogens (tertiary/aromatic N) is 3. The van der Waals surface area contributed by atoms with Crippen molar-refractivity contribution in [1.29, 1.82) is 5.26 Å². The van der Waals surface area contributed by atoms with Crippen LogP contribution >= 0.6 is 11.6 Å². The van der Waals surface area contributed by atoms with Gasteiger partial charge in [-0.1, -0.05) is 43.0 Å². The molecule has 1 amide bonds. The molecule has 1 fully saturated rings. The summed E-state index contributed by atoms with van der Waals surface area (Å²) in [5, 5.41) is 18.5. The summed E-state index contributed by atoms with van der Waals surface area (Å²) in [4.78, 5) is 38.9. The summed E-state index contributed by atoms with van der Waals surface area (Å²) in [6.45, 7) is 0. The average molecular weight is 473 g/mol. The molecule has 0 spiro atoms. The van der Waals surface area contributed by atoms with Crippen molar-refractivity contribution in [1.82, 2.24) is 10.3 Å². The molecule has 0 radical (unpaired) electrons. The Morgan fingerprint density at radius 3 is 2.42 bits per heavy atom. The first-order chi connectivity index (χ1) is 15.9. The molecule has 0 saturated heterocycles. The summed E-state index contributed by atoms with van der Waals surface area (Å²) < 4.78 is 9.82. The SMILES string of the molecule is COC(=O)C1=C(NC2CCCCC2)C(C#N)C(=O)N(/N=C/c2ccc(Cl)cc2)C1C(=O)OC. The third-order valence-corrected chi connectivity index (χ3v) is 5.95. The summed E-state index contributed by atoms with van der Waals surface area (Å²) in [5.41, 5.74) is 0.517. The minimum absolute atomic E-state index is 0.0283. The van der Waals surface area contributed by atoms with Gasteiger partial charge in [-0.15, -0.1) is 0 Å². The molecule has 174 valence electrons. The first kappa shape index (κ1) is 24.3. The lowest BCUT2D eigenvalue weighted by atomic mass is 9.88. The van der Waals surface area contributed by atoms with Crippen LogP contribution < -0.4 is 5.32 Å². The Kier molecular flexibility index (Phi) is 8.06. The van der Waals surface area contributed by atoms with E-state index >= 15 is 0 Å². The van der Waals surface area contributed by atoms with E-state index in [1.807, 2.05) is 6.07 Å². The van der Waals surface area contributed by atoms with Crippen molar-refractivity contribution in [2.75, 3.05) is 14.2 Å². The molecule has 0 aromatic heterocycles. The van der Waals surface area contributed by atoms with Crippen LogP contribution in [0.5, 0.6) is 0 Å². The van der Waals surface area contributed by atoms with Crippen LogP contribution in [-0.2, 0) is 23.9 Å². The zero-order valence-corrected chi connectivity index (χ0v) is 19.2. The standard InChI is InChI=1S/C23H25ClN4O5/c1-32-22(30)18-19(27-16-6-4-3-5-7-16)17(12-25)21(29)28(20(18)23(31)33-2)26-13-14-8-10-15(24)11-9-14/h8-11,13,16-17,20,27H,3-7H2,1-2H3/b26-13+. The minimum Gasteiger partial charge on any atom is -0.467 e. The van der Waals surface area contributed by atoms with Crippen molar-refractivity contribution in [3.05, 3.63) is 46.1 Å². The van der Waals surface area contributed by atoms with Gasteiger partial charge in [0.15, 0.2) is 12.0 Å². The quantitative estimate of drug-likeness (QED) is 0.498. The van der Waals surface area contributed by atoms with E-state index in [1.54, 1.807) is 24.3 Å². The summed E-state index contributed by atoms with van der Waals surface area (Å²) >= 11 is 5.90. The van der Waals surface area contributed by atoms with E-state index in [0.717, 1.165) is 44.2 Å². The van der Waals surface area contributed by atoms with Crippen LogP contribution in [0.15, 0.2) is 40.6 Å². The third kappa shape index (κ3) is 5.34. The van der Waals surface area contributed by atoms with Crippen LogP contribution in [0.3, 0.4) is 0 Å². The fourth-order valence-corrected chi connectivity index (χ4v) is 4.14. The largest absolute Gasteiger partial charge is 0.467 e. The fraction of sp³-hybridized carbons (Fsp3) is 0.435. The highest BCUT2D eigenvalue weighted by Gasteiger charge is 2.49. The molecule has 1 aliphatic carbocycles. The van der Waals surface area contributed by atoms with Gasteiger partial charge in [-0.05, 0) is 30.5 Å². The van der Waals surface area contributed by atoms with E-state index in [0.29, 0.717) is 10.6 Å². The number of ether oxygens (including phenoxy) is 2. The van der Waals surface area contributed by atoms with Crippen LogP contribution in [0.1, 0.15) is 37.7 Å². The number of carbonyl (C=O) groups excluding carboxylic acids is 3. The number of hydrazone groups is 1. The van der Waals surface area contributed by atoms with Gasteiger partial charge >= 0.3 is 11.9 Å². The Bertz CT molecular complexity index is 1010. The van der Waals surface area contributed by atoms with E-state index < -0.39 is 29.8 Å². The first-order valence-electron chi connectivity index (χ1n) is 10.6. The summed E-state index contributed by atoms with van der Waals surface area (Å²) in [6.07, 6.45) is 6.06. The monoisotopic (exact) mass is 472 g/mol. The van der Waals surface area contributed by atoms with Crippen LogP contribution in [-0.4, -0.2) is 55.4 Å². The van der Waals surface area contributed by atoms with Crippen molar-refractivity contribution in [3.63, 3.8) is 0 Å². The Morgan fingerprint density at radius 2 is 1.85 bits per heavy atom. The van der Waals surface area contributed by atoms with Gasteiger partial charge in [-0.25, -0.2) is 14.6 Å². The number of hydrogen-bond donors (Lipinski definition) is 1. The van der Waals surface area contributed by atoms with Gasteiger partial charge < -0.3 is 14.8 Å². The van der Waals surface area contributed by atoms with Crippen molar-refractivity contribution >= 4 is 35.7 Å². The number of rotatable bonds is 6. The van der Waals surface area contributed by atoms with Crippen LogP contribution in [0.4, 0.5) is 0 Å². The molecule has 1 aromatic rings. The number of benzene rings is 1. The van der Waals surface area contributed by atoms with Crippen LogP contribution in [0.25, 0.3) is 0 Å². The maximum atomic E-state index is 13.3. The highest BCUT2D eigenvalue weighted by molar-refractivity contribution is 6.30. The normalized spacial score (nSPS) is 21.6. The lowest BCUT2D eigenvalue weighted by molar-refractivity contribution is -0.155. The summed E-state index contributed by atoms with van der Waals surface area (Å²) in [7, 11) is 2.31. The second-order valence-electron chi connectivity index (χ2n) is 7.76. The second-order valence-corrected chi connectivity index (χ2v) is 8.20. The smallest absolute Gasteiger partial charge is 0.338 e. The van der Waals surface area contributed by atoms with Crippen LogP contribution in [0, 0.1) is 17.2 Å². The predicted octanol–water partition coefficient (Wildman–Crippen LogP) is 2.55. The highest BCUT2D eigenvalue weighted by Crippen LogP contribution is 2.32. The number of methoxy groups -OCH3 is 2. The molecule has 1 aromatic carbocycles. The molecule has 2 aliphatic rings. The van der Waals surface area contributed by atoms with E-state index in [2.05, 4.69) is 10.4 Å². The van der Waals surface area contributed by atoms with Gasteiger partial charge in [0.25, 0.3) is 5.91 Å². The average Bonchev–Trinajstić information content (AvgIpc) is 2.84. The van der Waals surface area contributed by atoms with Crippen molar-refractivity contribution < 1.29 is 23.9 Å². The number of esters is 2. The molecule has 1 aliphatic heterocycles. The lowest BCUT2D eigenvalue weighted by Gasteiger charge is -2.37. The number of halogens is 1. The first-order valence-corrected chi connectivity index (χ1v) is 11.0. The van der Waals surface area contributed by atoms with Gasteiger partial charge in [-0.2, -0.15) is 10.4 Å². The van der Waals surface area contributed by atoms with Crippen molar-refractivity contribution in [2.45, 2.75) is 44.2 Å². The molecule has 1 saturated carbocycles. The summed E-state index contributed by atoms with van der Waals surface area (Å²) in [6, 6.07) is 7.04. The lowest BCUT2D eigenvalue weighted by Crippen LogP contribution is -2.55. The topological polar surface area (TPSA) is 121 Å². The maximum Gasteiger partial charge on any atom is 0.338 e. The van der Waals surface area contributed by atoms with E-state index in [9.17, 15) is 19.6 Å². The number of amides is 1. The number of nitrogens with one attached hydrogen (secondary N) is 1. The maximum absolute atomic E-state index is 13.3. The zero-order chi connectivity index (χ0) is 24.0. The molecule has 0 bridgehead atoms. The van der Waals surface area contributed by atoms with E-state index in [-0.39, 0.29) is 17.3 Å². The molecule has 1 heterocycles. The fourth-order valence-electron chi connectivity index (χ4n) is 4.02. The zero-order valence-electron chi connectivity index (χ0n) is 18.4. The minimum atomic E-state index is -1.51. The Labute approximate surface area is 197 Å². The molecule has 10 heteroatoms. The van der Waals surface area contributed by atoms with Crippen molar-refractivity contribution in [2.24, 2.45) is 11.0 Å². The molecule has 2 atom stereocenters. The van der Waals surface area contributed by atoms with Gasteiger partial charge in [0, 0.05) is 11.1 Å². The number of carbonyl (C=O) groups is 3. The Morgan fingerprint density at radius 1 is 1.18 bits per heavy atom. The predicted molar refractivity (Wildman–Crippen MR) is 120 cm³/mol. The van der Waals surface area contributed by atoms with Crippen molar-refractivity contribution in [3.8, 4) is 6.07 Å². The van der Waals surface area contributed by atoms with Gasteiger partial charge in [0.1, 0.15) is 0 Å².